The first-order chi connectivity index (χ1) is 10.6. The Balaban J connectivity index is 1.91. The molecular weight excluding hydrogens is 284 g/mol. The van der Waals surface area contributed by atoms with Gasteiger partial charge in [-0.05, 0) is 30.7 Å². The molecular formula is C15H12N4O3. The van der Waals surface area contributed by atoms with E-state index < -0.39 is 5.97 Å². The van der Waals surface area contributed by atoms with Crippen molar-refractivity contribution in [3.8, 4) is 11.3 Å². The third kappa shape index (κ3) is 2.64. The summed E-state index contributed by atoms with van der Waals surface area (Å²) >= 11 is 0. The lowest BCUT2D eigenvalue weighted by atomic mass is 10.0. The van der Waals surface area contributed by atoms with Gasteiger partial charge in [-0.25, -0.2) is 9.47 Å². The molecule has 0 fully saturated rings. The van der Waals surface area contributed by atoms with Crippen molar-refractivity contribution in [3.05, 3.63) is 59.9 Å². The van der Waals surface area contributed by atoms with Gasteiger partial charge in [0, 0.05) is 5.56 Å². The van der Waals surface area contributed by atoms with Crippen molar-refractivity contribution in [2.75, 3.05) is 0 Å². The number of benzene rings is 1. The van der Waals surface area contributed by atoms with Crippen LogP contribution in [0, 0.1) is 6.92 Å². The number of nitrogens with zero attached hydrogens (tertiary/aromatic N) is 4. The van der Waals surface area contributed by atoms with E-state index >= 15 is 0 Å². The average Bonchev–Trinajstić information content (AvgIpc) is 3.16. The van der Waals surface area contributed by atoms with E-state index in [1.54, 1.807) is 31.2 Å². The van der Waals surface area contributed by atoms with Gasteiger partial charge in [0.1, 0.15) is 24.2 Å². The van der Waals surface area contributed by atoms with Crippen LogP contribution in [0.25, 0.3) is 11.3 Å². The molecule has 0 spiro atoms. The van der Waals surface area contributed by atoms with E-state index in [1.807, 2.05) is 6.07 Å². The molecule has 3 rings (SSSR count). The van der Waals surface area contributed by atoms with E-state index in [4.69, 9.17) is 9.52 Å². The summed E-state index contributed by atoms with van der Waals surface area (Å²) in [6, 6.07) is 8.62. The smallest absolute Gasteiger partial charge is 0.335 e. The zero-order valence-electron chi connectivity index (χ0n) is 11.7. The molecule has 1 N–H and O–H groups in total. The summed E-state index contributed by atoms with van der Waals surface area (Å²) < 4.78 is 7.13. The summed E-state index contributed by atoms with van der Waals surface area (Å²) in [6.07, 6.45) is 4.45. The highest BCUT2D eigenvalue weighted by atomic mass is 16.4. The van der Waals surface area contributed by atoms with E-state index in [2.05, 4.69) is 15.3 Å². The second kappa shape index (κ2) is 5.65. The Morgan fingerprint density at radius 2 is 2.05 bits per heavy atom. The molecule has 22 heavy (non-hydrogen) atoms. The lowest BCUT2D eigenvalue weighted by molar-refractivity contribution is 0.0696. The molecule has 0 aliphatic rings. The van der Waals surface area contributed by atoms with Crippen LogP contribution in [0.15, 0.2) is 52.5 Å². The molecule has 0 unspecified atom stereocenters. The van der Waals surface area contributed by atoms with Gasteiger partial charge >= 0.3 is 5.97 Å². The van der Waals surface area contributed by atoms with Gasteiger partial charge < -0.3 is 9.52 Å². The second-order valence-electron chi connectivity index (χ2n) is 4.57. The average molecular weight is 296 g/mol. The van der Waals surface area contributed by atoms with Crippen LogP contribution in [0.1, 0.15) is 21.7 Å². The fourth-order valence-corrected chi connectivity index (χ4v) is 2.08. The number of hydrogen-bond donors (Lipinski definition) is 1. The first kappa shape index (κ1) is 13.7. The molecule has 0 aliphatic heterocycles. The Morgan fingerprint density at radius 3 is 2.77 bits per heavy atom. The Labute approximate surface area is 125 Å². The number of carbonyl (C=O) groups is 1. The van der Waals surface area contributed by atoms with Crippen LogP contribution in [-0.2, 0) is 0 Å². The van der Waals surface area contributed by atoms with E-state index in [0.717, 1.165) is 5.56 Å². The predicted molar refractivity (Wildman–Crippen MR) is 78.9 cm³/mol. The largest absolute Gasteiger partial charge is 0.478 e. The zero-order valence-corrected chi connectivity index (χ0v) is 11.7. The van der Waals surface area contributed by atoms with Crippen LogP contribution in [0.4, 0.5) is 0 Å². The second-order valence-corrected chi connectivity index (χ2v) is 4.57. The maximum Gasteiger partial charge on any atom is 0.335 e. The molecule has 0 amide bonds. The summed E-state index contributed by atoms with van der Waals surface area (Å²) in [5.74, 6) is 0.176. The van der Waals surface area contributed by atoms with Crippen molar-refractivity contribution < 1.29 is 14.3 Å². The van der Waals surface area contributed by atoms with Crippen molar-refractivity contribution in [1.29, 1.82) is 0 Å². The number of furan rings is 1. The third-order valence-corrected chi connectivity index (χ3v) is 3.18. The van der Waals surface area contributed by atoms with Crippen LogP contribution in [0.2, 0.25) is 0 Å². The van der Waals surface area contributed by atoms with Crippen molar-refractivity contribution in [3.63, 3.8) is 0 Å². The lowest BCUT2D eigenvalue weighted by Gasteiger charge is -2.05. The minimum atomic E-state index is -0.958. The minimum absolute atomic E-state index is 0.258. The van der Waals surface area contributed by atoms with Gasteiger partial charge in [0.25, 0.3) is 0 Å². The fraction of sp³-hybridized carbons (Fsp3) is 0.0667. The Hall–Kier alpha value is -3.22. The SMILES string of the molecule is Cc1c(C(=O)O)cccc1-c1ccc(/C=N/n2cnnc2)o1. The molecule has 7 nitrogen and oxygen atoms in total. The summed E-state index contributed by atoms with van der Waals surface area (Å²) in [5.41, 5.74) is 1.66. The first-order valence-electron chi connectivity index (χ1n) is 6.47. The molecule has 2 aromatic heterocycles. The third-order valence-electron chi connectivity index (χ3n) is 3.18. The Bertz CT molecular complexity index is 834. The number of carboxylic acid groups (broad SMARTS) is 1. The van der Waals surface area contributed by atoms with Gasteiger partial charge in [0.2, 0.25) is 0 Å². The summed E-state index contributed by atoms with van der Waals surface area (Å²) in [7, 11) is 0. The summed E-state index contributed by atoms with van der Waals surface area (Å²) in [6.45, 7) is 1.76. The monoisotopic (exact) mass is 296 g/mol. The topological polar surface area (TPSA) is 93.5 Å². The molecule has 2 heterocycles. The standard InChI is InChI=1S/C15H12N4O3/c1-10-12(3-2-4-13(10)15(20)21)14-6-5-11(22-14)7-18-19-8-16-17-9-19/h2-9H,1H3,(H,20,21)/b18-7+. The Morgan fingerprint density at radius 1 is 1.27 bits per heavy atom. The van der Waals surface area contributed by atoms with Crippen molar-refractivity contribution in [2.45, 2.75) is 6.92 Å². The van der Waals surface area contributed by atoms with Crippen LogP contribution >= 0.6 is 0 Å². The quantitative estimate of drug-likeness (QED) is 0.746. The van der Waals surface area contributed by atoms with Crippen LogP contribution in [-0.4, -0.2) is 32.2 Å². The Kier molecular flexibility index (Phi) is 3.53. The number of aromatic nitrogens is 3. The van der Waals surface area contributed by atoms with Gasteiger partial charge in [-0.15, -0.1) is 10.2 Å². The van der Waals surface area contributed by atoms with Gasteiger partial charge in [0.05, 0.1) is 11.8 Å². The fourth-order valence-electron chi connectivity index (χ4n) is 2.08. The summed E-state index contributed by atoms with van der Waals surface area (Å²) in [5, 5.41) is 20.5. The predicted octanol–water partition coefficient (Wildman–Crippen LogP) is 2.43. The molecule has 3 aromatic rings. The zero-order chi connectivity index (χ0) is 15.5. The highest BCUT2D eigenvalue weighted by molar-refractivity contribution is 5.91. The molecule has 7 heteroatoms. The first-order valence-corrected chi connectivity index (χ1v) is 6.47. The van der Waals surface area contributed by atoms with E-state index in [0.29, 0.717) is 17.1 Å². The van der Waals surface area contributed by atoms with Gasteiger partial charge in [0.15, 0.2) is 0 Å². The molecule has 0 saturated carbocycles. The lowest BCUT2D eigenvalue weighted by Crippen LogP contribution is -2.00. The van der Waals surface area contributed by atoms with Gasteiger partial charge in [-0.2, -0.15) is 5.10 Å². The van der Waals surface area contributed by atoms with Crippen molar-refractivity contribution in [1.82, 2.24) is 14.9 Å². The number of aromatic carboxylic acids is 1. The summed E-state index contributed by atoms with van der Waals surface area (Å²) in [4.78, 5) is 11.2. The van der Waals surface area contributed by atoms with E-state index in [1.165, 1.54) is 23.5 Å². The van der Waals surface area contributed by atoms with Crippen molar-refractivity contribution >= 4 is 12.2 Å². The highest BCUT2D eigenvalue weighted by Gasteiger charge is 2.13. The van der Waals surface area contributed by atoms with Crippen LogP contribution in [0.3, 0.4) is 0 Å². The van der Waals surface area contributed by atoms with E-state index in [9.17, 15) is 4.79 Å². The highest BCUT2D eigenvalue weighted by Crippen LogP contribution is 2.27. The van der Waals surface area contributed by atoms with Gasteiger partial charge in [-0.3, -0.25) is 0 Å². The molecule has 110 valence electrons. The molecule has 0 saturated heterocycles. The molecule has 0 atom stereocenters. The van der Waals surface area contributed by atoms with Crippen molar-refractivity contribution in [2.24, 2.45) is 5.10 Å². The number of hydrogen-bond acceptors (Lipinski definition) is 5. The molecule has 0 bridgehead atoms. The van der Waals surface area contributed by atoms with E-state index in [-0.39, 0.29) is 5.56 Å². The van der Waals surface area contributed by atoms with Crippen LogP contribution < -0.4 is 0 Å². The maximum absolute atomic E-state index is 11.2. The maximum atomic E-state index is 11.2. The van der Waals surface area contributed by atoms with Gasteiger partial charge in [-0.1, -0.05) is 12.1 Å². The molecule has 0 radical (unpaired) electrons. The number of rotatable bonds is 4. The number of carboxylic acids is 1. The van der Waals surface area contributed by atoms with Crippen LogP contribution in [0.5, 0.6) is 0 Å². The molecule has 0 aliphatic carbocycles. The molecule has 1 aromatic carbocycles. The minimum Gasteiger partial charge on any atom is -0.478 e. The normalized spacial score (nSPS) is 11.1.